The third-order valence-corrected chi connectivity index (χ3v) is 4.13. The lowest BCUT2D eigenvalue weighted by molar-refractivity contribution is 0.171. The molecule has 1 atom stereocenters. The zero-order valence-corrected chi connectivity index (χ0v) is 12.4. The number of piperidine rings is 1. The lowest BCUT2D eigenvalue weighted by Crippen LogP contribution is -2.44. The molecule has 0 spiro atoms. The molecule has 4 heteroatoms. The van der Waals surface area contributed by atoms with Gasteiger partial charge in [-0.05, 0) is 36.8 Å². The van der Waals surface area contributed by atoms with Crippen molar-refractivity contribution in [1.29, 1.82) is 0 Å². The van der Waals surface area contributed by atoms with Gasteiger partial charge < -0.3 is 16.0 Å². The van der Waals surface area contributed by atoms with E-state index >= 15 is 0 Å². The van der Waals surface area contributed by atoms with Crippen LogP contribution in [-0.2, 0) is 6.54 Å². The van der Waals surface area contributed by atoms with Crippen molar-refractivity contribution in [2.24, 2.45) is 11.7 Å². The smallest absolute Gasteiger partial charge is 0.317 e. The Morgan fingerprint density at radius 2 is 1.95 bits per heavy atom. The van der Waals surface area contributed by atoms with Gasteiger partial charge >= 0.3 is 6.03 Å². The number of urea groups is 1. The predicted molar refractivity (Wildman–Crippen MR) is 81.3 cm³/mol. The minimum absolute atomic E-state index is 0.0219. The molecule has 2 amide bonds. The van der Waals surface area contributed by atoms with Crippen LogP contribution in [0.2, 0.25) is 0 Å². The Balaban J connectivity index is 1.89. The van der Waals surface area contributed by atoms with E-state index in [1.807, 2.05) is 36.1 Å². The van der Waals surface area contributed by atoms with E-state index in [-0.39, 0.29) is 12.1 Å². The van der Waals surface area contributed by atoms with Gasteiger partial charge in [0.25, 0.3) is 0 Å². The maximum atomic E-state index is 12.2. The number of amides is 2. The van der Waals surface area contributed by atoms with Crippen LogP contribution in [0.25, 0.3) is 0 Å². The average molecular weight is 275 g/mol. The SMILES string of the molecule is CC1CCN(C(=O)NC(C)c2ccc(CN)cc2)CC1. The molecular formula is C16H25N3O. The molecule has 1 unspecified atom stereocenters. The van der Waals surface area contributed by atoms with Gasteiger partial charge in [0.05, 0.1) is 6.04 Å². The maximum Gasteiger partial charge on any atom is 0.317 e. The van der Waals surface area contributed by atoms with Gasteiger partial charge in [-0.25, -0.2) is 4.79 Å². The van der Waals surface area contributed by atoms with Crippen molar-refractivity contribution < 1.29 is 4.79 Å². The van der Waals surface area contributed by atoms with Crippen LogP contribution < -0.4 is 11.1 Å². The van der Waals surface area contributed by atoms with E-state index in [1.54, 1.807) is 0 Å². The van der Waals surface area contributed by atoms with Gasteiger partial charge in [-0.3, -0.25) is 0 Å². The normalized spacial score (nSPS) is 17.9. The van der Waals surface area contributed by atoms with Crippen LogP contribution in [0, 0.1) is 5.92 Å². The zero-order valence-electron chi connectivity index (χ0n) is 12.4. The summed E-state index contributed by atoms with van der Waals surface area (Å²) in [5.74, 6) is 0.736. The lowest BCUT2D eigenvalue weighted by Gasteiger charge is -2.31. The van der Waals surface area contributed by atoms with E-state index in [0.29, 0.717) is 6.54 Å². The molecule has 0 aromatic heterocycles. The molecule has 20 heavy (non-hydrogen) atoms. The summed E-state index contributed by atoms with van der Waals surface area (Å²) in [4.78, 5) is 14.1. The molecule has 0 saturated carbocycles. The molecule has 1 saturated heterocycles. The molecule has 1 aliphatic rings. The summed E-state index contributed by atoms with van der Waals surface area (Å²) in [6.07, 6.45) is 2.21. The Kier molecular flexibility index (Phi) is 5.01. The number of hydrogen-bond donors (Lipinski definition) is 2. The second-order valence-corrected chi connectivity index (χ2v) is 5.79. The molecular weight excluding hydrogens is 250 g/mol. The van der Waals surface area contributed by atoms with E-state index in [9.17, 15) is 4.79 Å². The first-order chi connectivity index (χ1) is 9.60. The summed E-state index contributed by atoms with van der Waals surface area (Å²) < 4.78 is 0. The van der Waals surface area contributed by atoms with Gasteiger partial charge in [-0.15, -0.1) is 0 Å². The third-order valence-electron chi connectivity index (χ3n) is 4.13. The lowest BCUT2D eigenvalue weighted by atomic mass is 9.99. The van der Waals surface area contributed by atoms with E-state index in [0.717, 1.165) is 43.0 Å². The minimum Gasteiger partial charge on any atom is -0.331 e. The highest BCUT2D eigenvalue weighted by atomic mass is 16.2. The molecule has 1 aliphatic heterocycles. The molecule has 1 fully saturated rings. The number of nitrogens with two attached hydrogens (primary N) is 1. The van der Waals surface area contributed by atoms with Crippen molar-refractivity contribution in [2.45, 2.75) is 39.3 Å². The summed E-state index contributed by atoms with van der Waals surface area (Å²) in [6, 6.07) is 8.17. The van der Waals surface area contributed by atoms with Crippen molar-refractivity contribution in [3.8, 4) is 0 Å². The van der Waals surface area contributed by atoms with Crippen molar-refractivity contribution in [3.05, 3.63) is 35.4 Å². The van der Waals surface area contributed by atoms with Crippen LogP contribution >= 0.6 is 0 Å². The van der Waals surface area contributed by atoms with Crippen LogP contribution in [0.5, 0.6) is 0 Å². The maximum absolute atomic E-state index is 12.2. The second-order valence-electron chi connectivity index (χ2n) is 5.79. The van der Waals surface area contributed by atoms with Crippen LogP contribution in [0.1, 0.15) is 43.9 Å². The van der Waals surface area contributed by atoms with E-state index in [1.165, 1.54) is 0 Å². The Morgan fingerprint density at radius 1 is 1.35 bits per heavy atom. The number of nitrogens with one attached hydrogen (secondary N) is 1. The fourth-order valence-electron chi connectivity index (χ4n) is 2.51. The highest BCUT2D eigenvalue weighted by Crippen LogP contribution is 2.18. The van der Waals surface area contributed by atoms with E-state index < -0.39 is 0 Å². The molecule has 0 radical (unpaired) electrons. The molecule has 1 aromatic carbocycles. The first-order valence-electron chi connectivity index (χ1n) is 7.44. The van der Waals surface area contributed by atoms with E-state index in [2.05, 4.69) is 12.2 Å². The number of likely N-dealkylation sites (tertiary alicyclic amines) is 1. The molecule has 1 aromatic rings. The molecule has 110 valence electrons. The fourth-order valence-corrected chi connectivity index (χ4v) is 2.51. The van der Waals surface area contributed by atoms with Crippen LogP contribution in [-0.4, -0.2) is 24.0 Å². The molecule has 0 bridgehead atoms. The monoisotopic (exact) mass is 275 g/mol. The summed E-state index contributed by atoms with van der Waals surface area (Å²) in [5, 5.41) is 3.07. The summed E-state index contributed by atoms with van der Waals surface area (Å²) in [7, 11) is 0. The molecule has 3 N–H and O–H groups in total. The van der Waals surface area contributed by atoms with Crippen molar-refractivity contribution in [1.82, 2.24) is 10.2 Å². The zero-order chi connectivity index (χ0) is 14.5. The van der Waals surface area contributed by atoms with Crippen molar-refractivity contribution >= 4 is 6.03 Å². The second kappa shape index (κ2) is 6.75. The molecule has 1 heterocycles. The summed E-state index contributed by atoms with van der Waals surface area (Å²) >= 11 is 0. The van der Waals surface area contributed by atoms with E-state index in [4.69, 9.17) is 5.73 Å². The Hall–Kier alpha value is -1.55. The fraction of sp³-hybridized carbons (Fsp3) is 0.562. The van der Waals surface area contributed by atoms with Gasteiger partial charge in [0.2, 0.25) is 0 Å². The van der Waals surface area contributed by atoms with Gasteiger partial charge in [0.15, 0.2) is 0 Å². The molecule has 2 rings (SSSR count). The predicted octanol–water partition coefficient (Wildman–Crippen LogP) is 2.65. The van der Waals surface area contributed by atoms with Crippen molar-refractivity contribution in [3.63, 3.8) is 0 Å². The van der Waals surface area contributed by atoms with Gasteiger partial charge in [0.1, 0.15) is 0 Å². The highest BCUT2D eigenvalue weighted by Gasteiger charge is 2.21. The first-order valence-corrected chi connectivity index (χ1v) is 7.44. The standard InChI is InChI=1S/C16H25N3O/c1-12-7-9-19(10-8-12)16(20)18-13(2)15-5-3-14(11-17)4-6-15/h3-6,12-13H,7-11,17H2,1-2H3,(H,18,20). The minimum atomic E-state index is 0.0219. The largest absolute Gasteiger partial charge is 0.331 e. The Labute approximate surface area is 121 Å². The van der Waals surface area contributed by atoms with Gasteiger partial charge in [0, 0.05) is 19.6 Å². The number of hydrogen-bond acceptors (Lipinski definition) is 2. The van der Waals surface area contributed by atoms with Crippen LogP contribution in [0.4, 0.5) is 4.79 Å². The number of rotatable bonds is 3. The van der Waals surface area contributed by atoms with Gasteiger partial charge in [-0.2, -0.15) is 0 Å². The Morgan fingerprint density at radius 3 is 2.50 bits per heavy atom. The number of carbonyl (C=O) groups excluding carboxylic acids is 1. The van der Waals surface area contributed by atoms with Crippen LogP contribution in [0.3, 0.4) is 0 Å². The topological polar surface area (TPSA) is 58.4 Å². The van der Waals surface area contributed by atoms with Gasteiger partial charge in [-0.1, -0.05) is 31.2 Å². The number of benzene rings is 1. The summed E-state index contributed by atoms with van der Waals surface area (Å²) in [6.45, 7) is 6.55. The highest BCUT2D eigenvalue weighted by molar-refractivity contribution is 5.74. The first kappa shape index (κ1) is 14.9. The van der Waals surface area contributed by atoms with Crippen molar-refractivity contribution in [2.75, 3.05) is 13.1 Å². The summed E-state index contributed by atoms with van der Waals surface area (Å²) in [5.41, 5.74) is 7.81. The van der Waals surface area contributed by atoms with Crippen LogP contribution in [0.15, 0.2) is 24.3 Å². The number of nitrogens with zero attached hydrogens (tertiary/aromatic N) is 1. The quantitative estimate of drug-likeness (QED) is 0.891. The molecule has 0 aliphatic carbocycles. The third kappa shape index (κ3) is 3.73. The number of carbonyl (C=O) groups is 1. The molecule has 4 nitrogen and oxygen atoms in total. The average Bonchev–Trinajstić information content (AvgIpc) is 2.48. The Bertz CT molecular complexity index is 436.